The normalized spacial score (nSPS) is 19.8. The SMILES string of the molecule is CCNC(c1cccnc1)C1CCCCCC1. The van der Waals surface area contributed by atoms with Crippen molar-refractivity contribution in [3.05, 3.63) is 30.1 Å². The molecule has 0 aromatic carbocycles. The minimum absolute atomic E-state index is 0.506. The second kappa shape index (κ2) is 6.75. The van der Waals surface area contributed by atoms with E-state index in [4.69, 9.17) is 0 Å². The highest BCUT2D eigenvalue weighted by molar-refractivity contribution is 5.15. The molecule has 1 N–H and O–H groups in total. The van der Waals surface area contributed by atoms with Crippen LogP contribution in [0.3, 0.4) is 0 Å². The van der Waals surface area contributed by atoms with E-state index in [1.165, 1.54) is 44.1 Å². The Labute approximate surface area is 105 Å². The van der Waals surface area contributed by atoms with Crippen LogP contribution in [0.5, 0.6) is 0 Å². The van der Waals surface area contributed by atoms with Gasteiger partial charge in [0.2, 0.25) is 0 Å². The predicted octanol–water partition coefficient (Wildman–Crippen LogP) is 3.70. The molecule has 0 aliphatic heterocycles. The van der Waals surface area contributed by atoms with Crippen molar-refractivity contribution in [3.8, 4) is 0 Å². The molecule has 0 spiro atoms. The Balaban J connectivity index is 2.10. The maximum Gasteiger partial charge on any atom is 0.0363 e. The van der Waals surface area contributed by atoms with Crippen LogP contribution < -0.4 is 5.32 Å². The Hall–Kier alpha value is -0.890. The smallest absolute Gasteiger partial charge is 0.0363 e. The molecule has 1 unspecified atom stereocenters. The number of nitrogens with one attached hydrogen (secondary N) is 1. The third-order valence-electron chi connectivity index (χ3n) is 3.84. The van der Waals surface area contributed by atoms with Crippen LogP contribution in [0.15, 0.2) is 24.5 Å². The van der Waals surface area contributed by atoms with Crippen molar-refractivity contribution in [2.24, 2.45) is 5.92 Å². The van der Waals surface area contributed by atoms with Crippen LogP contribution in [0.25, 0.3) is 0 Å². The van der Waals surface area contributed by atoms with E-state index in [1.54, 1.807) is 0 Å². The summed E-state index contributed by atoms with van der Waals surface area (Å²) in [4.78, 5) is 4.27. The fourth-order valence-corrected chi connectivity index (χ4v) is 2.98. The molecule has 1 aromatic heterocycles. The standard InChI is InChI=1S/C15H24N2/c1-2-17-15(14-10-7-11-16-12-14)13-8-5-3-4-6-9-13/h7,10-13,15,17H,2-6,8-9H2,1H3. The molecule has 1 aliphatic carbocycles. The van der Waals surface area contributed by atoms with Gasteiger partial charge in [-0.15, -0.1) is 0 Å². The van der Waals surface area contributed by atoms with Crippen LogP contribution in [-0.2, 0) is 0 Å². The summed E-state index contributed by atoms with van der Waals surface area (Å²) < 4.78 is 0. The first-order chi connectivity index (χ1) is 8.42. The fraction of sp³-hybridized carbons (Fsp3) is 0.667. The summed E-state index contributed by atoms with van der Waals surface area (Å²) in [7, 11) is 0. The first kappa shape index (κ1) is 12.6. The van der Waals surface area contributed by atoms with Gasteiger partial charge in [0.15, 0.2) is 0 Å². The molecular weight excluding hydrogens is 208 g/mol. The fourth-order valence-electron chi connectivity index (χ4n) is 2.98. The molecule has 0 radical (unpaired) electrons. The lowest BCUT2D eigenvalue weighted by Crippen LogP contribution is -2.28. The summed E-state index contributed by atoms with van der Waals surface area (Å²) >= 11 is 0. The molecule has 1 aromatic rings. The number of nitrogens with zero attached hydrogens (tertiary/aromatic N) is 1. The van der Waals surface area contributed by atoms with Crippen molar-refractivity contribution >= 4 is 0 Å². The zero-order valence-corrected chi connectivity index (χ0v) is 10.9. The Kier molecular flexibility index (Phi) is 4.99. The lowest BCUT2D eigenvalue weighted by molar-refractivity contribution is 0.329. The molecule has 0 bridgehead atoms. The molecule has 1 aliphatic rings. The first-order valence-electron chi connectivity index (χ1n) is 7.05. The first-order valence-corrected chi connectivity index (χ1v) is 7.05. The molecule has 0 amide bonds. The third-order valence-corrected chi connectivity index (χ3v) is 3.84. The quantitative estimate of drug-likeness (QED) is 0.801. The second-order valence-corrected chi connectivity index (χ2v) is 5.07. The van der Waals surface area contributed by atoms with Crippen molar-refractivity contribution in [3.63, 3.8) is 0 Å². The molecule has 94 valence electrons. The van der Waals surface area contributed by atoms with E-state index in [9.17, 15) is 0 Å². The van der Waals surface area contributed by atoms with E-state index in [2.05, 4.69) is 29.4 Å². The van der Waals surface area contributed by atoms with E-state index < -0.39 is 0 Å². The molecule has 1 atom stereocenters. The molecule has 17 heavy (non-hydrogen) atoms. The van der Waals surface area contributed by atoms with Gasteiger partial charge < -0.3 is 5.32 Å². The Morgan fingerprint density at radius 1 is 1.29 bits per heavy atom. The predicted molar refractivity (Wildman–Crippen MR) is 71.8 cm³/mol. The van der Waals surface area contributed by atoms with Gasteiger partial charge in [-0.3, -0.25) is 4.98 Å². The molecule has 2 rings (SSSR count). The monoisotopic (exact) mass is 232 g/mol. The Bertz CT molecular complexity index is 302. The van der Waals surface area contributed by atoms with Crippen LogP contribution in [0.2, 0.25) is 0 Å². The highest BCUT2D eigenvalue weighted by Crippen LogP contribution is 2.33. The Morgan fingerprint density at radius 3 is 2.65 bits per heavy atom. The summed E-state index contributed by atoms with van der Waals surface area (Å²) in [6, 6.07) is 4.77. The van der Waals surface area contributed by atoms with Crippen molar-refractivity contribution in [2.75, 3.05) is 6.54 Å². The molecule has 1 heterocycles. The minimum Gasteiger partial charge on any atom is -0.310 e. The van der Waals surface area contributed by atoms with E-state index in [-0.39, 0.29) is 0 Å². The van der Waals surface area contributed by atoms with Gasteiger partial charge in [-0.05, 0) is 36.9 Å². The summed E-state index contributed by atoms with van der Waals surface area (Å²) in [6.07, 6.45) is 12.3. The zero-order valence-electron chi connectivity index (χ0n) is 10.9. The van der Waals surface area contributed by atoms with Gasteiger partial charge in [0, 0.05) is 18.4 Å². The summed E-state index contributed by atoms with van der Waals surface area (Å²) in [5.41, 5.74) is 1.36. The van der Waals surface area contributed by atoms with Crippen molar-refractivity contribution < 1.29 is 0 Å². The van der Waals surface area contributed by atoms with Gasteiger partial charge in [-0.1, -0.05) is 38.7 Å². The van der Waals surface area contributed by atoms with Gasteiger partial charge in [0.25, 0.3) is 0 Å². The maximum absolute atomic E-state index is 4.27. The number of rotatable bonds is 4. The van der Waals surface area contributed by atoms with E-state index in [0.717, 1.165) is 12.5 Å². The number of aromatic nitrogens is 1. The zero-order chi connectivity index (χ0) is 11.9. The van der Waals surface area contributed by atoms with Crippen LogP contribution in [0.4, 0.5) is 0 Å². The average molecular weight is 232 g/mol. The molecule has 2 heteroatoms. The highest BCUT2D eigenvalue weighted by Gasteiger charge is 2.23. The molecule has 0 saturated heterocycles. The van der Waals surface area contributed by atoms with Gasteiger partial charge in [0.05, 0.1) is 0 Å². The number of pyridine rings is 1. The van der Waals surface area contributed by atoms with Crippen LogP contribution in [-0.4, -0.2) is 11.5 Å². The number of hydrogen-bond acceptors (Lipinski definition) is 2. The number of hydrogen-bond donors (Lipinski definition) is 1. The molecule has 2 nitrogen and oxygen atoms in total. The van der Waals surface area contributed by atoms with Crippen LogP contribution >= 0.6 is 0 Å². The second-order valence-electron chi connectivity index (χ2n) is 5.07. The molecular formula is C15H24N2. The Morgan fingerprint density at radius 2 is 2.06 bits per heavy atom. The van der Waals surface area contributed by atoms with Crippen molar-refractivity contribution in [2.45, 2.75) is 51.5 Å². The highest BCUT2D eigenvalue weighted by atomic mass is 14.9. The lowest BCUT2D eigenvalue weighted by Gasteiger charge is -2.27. The molecule has 1 saturated carbocycles. The van der Waals surface area contributed by atoms with Crippen LogP contribution in [0.1, 0.15) is 57.1 Å². The van der Waals surface area contributed by atoms with Crippen LogP contribution in [0, 0.1) is 5.92 Å². The average Bonchev–Trinajstić information content (AvgIpc) is 2.66. The summed E-state index contributed by atoms with van der Waals surface area (Å²) in [6.45, 7) is 3.23. The van der Waals surface area contributed by atoms with Gasteiger partial charge in [-0.25, -0.2) is 0 Å². The minimum atomic E-state index is 0.506. The van der Waals surface area contributed by atoms with Gasteiger partial charge >= 0.3 is 0 Å². The summed E-state index contributed by atoms with van der Waals surface area (Å²) in [5.74, 6) is 0.793. The third kappa shape index (κ3) is 3.53. The summed E-state index contributed by atoms with van der Waals surface area (Å²) in [5, 5.41) is 3.66. The topological polar surface area (TPSA) is 24.9 Å². The largest absolute Gasteiger partial charge is 0.310 e. The van der Waals surface area contributed by atoms with E-state index >= 15 is 0 Å². The van der Waals surface area contributed by atoms with Crippen molar-refractivity contribution in [1.29, 1.82) is 0 Å². The molecule has 1 fully saturated rings. The van der Waals surface area contributed by atoms with Gasteiger partial charge in [-0.2, -0.15) is 0 Å². The van der Waals surface area contributed by atoms with Crippen molar-refractivity contribution in [1.82, 2.24) is 10.3 Å². The van der Waals surface area contributed by atoms with E-state index in [1.807, 2.05) is 12.4 Å². The van der Waals surface area contributed by atoms with E-state index in [0.29, 0.717) is 6.04 Å². The lowest BCUT2D eigenvalue weighted by atomic mass is 9.88. The van der Waals surface area contributed by atoms with Gasteiger partial charge in [0.1, 0.15) is 0 Å². The maximum atomic E-state index is 4.27.